The minimum atomic E-state index is -0.316. The number of hydrogen-bond acceptors (Lipinski definition) is 4. The summed E-state index contributed by atoms with van der Waals surface area (Å²) < 4.78 is 7.73. The zero-order valence-electron chi connectivity index (χ0n) is 20.8. The van der Waals surface area contributed by atoms with E-state index in [1.807, 2.05) is 49.4 Å². The minimum Gasteiger partial charge on any atom is -0.489 e. The van der Waals surface area contributed by atoms with E-state index in [0.717, 1.165) is 22.6 Å². The van der Waals surface area contributed by atoms with Gasteiger partial charge in [0, 0.05) is 5.56 Å². The Hall–Kier alpha value is -3.90. The Morgan fingerprint density at radius 3 is 2.50 bits per heavy atom. The van der Waals surface area contributed by atoms with E-state index in [4.69, 9.17) is 16.3 Å². The molecule has 1 heterocycles. The molecular weight excluding hydrogens is 472 g/mol. The topological polar surface area (TPSA) is 68.5 Å². The highest BCUT2D eigenvalue weighted by Gasteiger charge is 2.13. The fourth-order valence-electron chi connectivity index (χ4n) is 3.78. The number of nitrogens with one attached hydrogen (secondary N) is 1. The fourth-order valence-corrected chi connectivity index (χ4v) is 4.10. The average molecular weight is 501 g/mol. The molecule has 0 saturated heterocycles. The number of benzene rings is 3. The first-order valence-electron chi connectivity index (χ1n) is 11.8. The van der Waals surface area contributed by atoms with E-state index in [9.17, 15) is 4.79 Å². The Morgan fingerprint density at radius 1 is 1.08 bits per heavy atom. The summed E-state index contributed by atoms with van der Waals surface area (Å²) in [7, 11) is 0. The summed E-state index contributed by atoms with van der Waals surface area (Å²) in [6.07, 6.45) is 1.51. The molecule has 0 saturated carbocycles. The molecule has 6 nitrogen and oxygen atoms in total. The second-order valence-electron chi connectivity index (χ2n) is 8.92. The van der Waals surface area contributed by atoms with Crippen molar-refractivity contribution >= 4 is 23.7 Å². The largest absolute Gasteiger partial charge is 0.489 e. The van der Waals surface area contributed by atoms with Crippen molar-refractivity contribution in [2.45, 2.75) is 40.2 Å². The van der Waals surface area contributed by atoms with Crippen LogP contribution in [0.2, 0.25) is 5.15 Å². The van der Waals surface area contributed by atoms with Gasteiger partial charge in [0.1, 0.15) is 17.5 Å². The van der Waals surface area contributed by atoms with Gasteiger partial charge in [-0.3, -0.25) is 4.79 Å². The maximum Gasteiger partial charge on any atom is 0.271 e. The van der Waals surface area contributed by atoms with Crippen molar-refractivity contribution < 1.29 is 9.53 Å². The van der Waals surface area contributed by atoms with Crippen LogP contribution in [0.3, 0.4) is 0 Å². The summed E-state index contributed by atoms with van der Waals surface area (Å²) in [5.41, 5.74) is 8.57. The first kappa shape index (κ1) is 25.2. The van der Waals surface area contributed by atoms with Crippen LogP contribution in [0.4, 0.5) is 0 Å². The van der Waals surface area contributed by atoms with Crippen molar-refractivity contribution in [2.75, 3.05) is 0 Å². The van der Waals surface area contributed by atoms with Crippen molar-refractivity contribution in [3.05, 3.63) is 111 Å². The summed E-state index contributed by atoms with van der Waals surface area (Å²) in [5, 5.41) is 8.99. The molecule has 184 valence electrons. The lowest BCUT2D eigenvalue weighted by atomic mass is 10.0. The number of aryl methyl sites for hydroxylation is 2. The predicted molar refractivity (Wildman–Crippen MR) is 144 cm³/mol. The van der Waals surface area contributed by atoms with Crippen molar-refractivity contribution in [3.63, 3.8) is 0 Å². The minimum absolute atomic E-state index is 0.316. The molecule has 0 aliphatic rings. The molecule has 4 rings (SSSR count). The van der Waals surface area contributed by atoms with Gasteiger partial charge < -0.3 is 4.74 Å². The lowest BCUT2D eigenvalue weighted by Crippen LogP contribution is -2.17. The maximum absolute atomic E-state index is 12.6. The highest BCUT2D eigenvalue weighted by molar-refractivity contribution is 6.32. The van der Waals surface area contributed by atoms with Crippen molar-refractivity contribution in [1.82, 2.24) is 15.2 Å². The number of hydrazone groups is 1. The first-order valence-corrected chi connectivity index (χ1v) is 12.2. The molecule has 0 bridgehead atoms. The lowest BCUT2D eigenvalue weighted by molar-refractivity contribution is 0.0955. The number of para-hydroxylation sites is 1. The Balaban J connectivity index is 1.38. The van der Waals surface area contributed by atoms with Gasteiger partial charge in [-0.05, 0) is 66.8 Å². The molecule has 0 unspecified atom stereocenters. The number of halogens is 1. The van der Waals surface area contributed by atoms with Gasteiger partial charge >= 0.3 is 0 Å². The Kier molecular flexibility index (Phi) is 7.86. The zero-order chi connectivity index (χ0) is 25.7. The molecule has 1 amide bonds. The number of hydrogen-bond donors (Lipinski definition) is 1. The van der Waals surface area contributed by atoms with Gasteiger partial charge in [0.15, 0.2) is 0 Å². The third-order valence-corrected chi connectivity index (χ3v) is 6.17. The highest BCUT2D eigenvalue weighted by atomic mass is 35.5. The SMILES string of the molecule is Cc1ccc(C(C)C)c(OCc2ccc(C(=O)N/N=C\c3c(C)nn(-c4ccccc4)c3Cl)cc2)c1. The van der Waals surface area contributed by atoms with E-state index in [2.05, 4.69) is 54.6 Å². The number of carbonyl (C=O) groups excluding carboxylic acids is 1. The number of aromatic nitrogens is 2. The summed E-state index contributed by atoms with van der Waals surface area (Å²) >= 11 is 6.51. The molecule has 0 aliphatic heterocycles. The van der Waals surface area contributed by atoms with Crippen LogP contribution in [0.15, 0.2) is 77.9 Å². The van der Waals surface area contributed by atoms with Crippen LogP contribution < -0.4 is 10.2 Å². The highest BCUT2D eigenvalue weighted by Crippen LogP contribution is 2.28. The van der Waals surface area contributed by atoms with E-state index in [1.165, 1.54) is 11.8 Å². The summed E-state index contributed by atoms with van der Waals surface area (Å²) in [4.78, 5) is 12.6. The van der Waals surface area contributed by atoms with Gasteiger partial charge in [0.05, 0.1) is 23.2 Å². The van der Waals surface area contributed by atoms with Crippen LogP contribution in [-0.4, -0.2) is 21.9 Å². The number of nitrogens with zero attached hydrogens (tertiary/aromatic N) is 3. The normalized spacial score (nSPS) is 11.3. The van der Waals surface area contributed by atoms with Crippen molar-refractivity contribution in [1.29, 1.82) is 0 Å². The van der Waals surface area contributed by atoms with Crippen LogP contribution in [0, 0.1) is 13.8 Å². The van der Waals surface area contributed by atoms with Crippen LogP contribution in [-0.2, 0) is 6.61 Å². The monoisotopic (exact) mass is 500 g/mol. The summed E-state index contributed by atoms with van der Waals surface area (Å²) in [6.45, 7) is 8.62. The van der Waals surface area contributed by atoms with E-state index in [1.54, 1.807) is 16.8 Å². The van der Waals surface area contributed by atoms with Crippen LogP contribution in [0.1, 0.15) is 58.1 Å². The van der Waals surface area contributed by atoms with E-state index >= 15 is 0 Å². The number of carbonyl (C=O) groups is 1. The number of ether oxygens (including phenoxy) is 1. The average Bonchev–Trinajstić information content (AvgIpc) is 3.16. The third kappa shape index (κ3) is 5.83. The van der Waals surface area contributed by atoms with Gasteiger partial charge in [-0.1, -0.05) is 67.9 Å². The molecule has 1 N–H and O–H groups in total. The molecule has 0 aliphatic carbocycles. The van der Waals surface area contributed by atoms with Gasteiger partial charge in [-0.15, -0.1) is 0 Å². The second-order valence-corrected chi connectivity index (χ2v) is 9.28. The molecule has 36 heavy (non-hydrogen) atoms. The first-order chi connectivity index (χ1) is 17.3. The van der Waals surface area contributed by atoms with E-state index < -0.39 is 0 Å². The van der Waals surface area contributed by atoms with Gasteiger partial charge in [0.25, 0.3) is 5.91 Å². The third-order valence-electron chi connectivity index (χ3n) is 5.81. The Bertz CT molecular complexity index is 1380. The van der Waals surface area contributed by atoms with E-state index in [-0.39, 0.29) is 5.91 Å². The lowest BCUT2D eigenvalue weighted by Gasteiger charge is -2.15. The number of rotatable bonds is 8. The van der Waals surface area contributed by atoms with Gasteiger partial charge in [-0.2, -0.15) is 10.2 Å². The molecule has 0 atom stereocenters. The molecular formula is C29H29ClN4O2. The predicted octanol–water partition coefficient (Wildman–Crippen LogP) is 6.61. The van der Waals surface area contributed by atoms with Crippen molar-refractivity contribution in [3.8, 4) is 11.4 Å². The molecule has 0 fully saturated rings. The number of amides is 1. The fraction of sp³-hybridized carbons (Fsp3) is 0.207. The second kappa shape index (κ2) is 11.2. The Labute approximate surface area is 216 Å². The summed E-state index contributed by atoms with van der Waals surface area (Å²) in [5.74, 6) is 0.952. The van der Waals surface area contributed by atoms with E-state index in [0.29, 0.717) is 34.5 Å². The quantitative estimate of drug-likeness (QED) is 0.218. The molecule has 4 aromatic rings. The molecule has 1 aromatic heterocycles. The standard InChI is InChI=1S/C29H29ClN4O2/c1-19(2)25-15-10-20(3)16-27(25)36-18-22-11-13-23(14-12-22)29(35)32-31-17-26-21(4)33-34(28(26)30)24-8-6-5-7-9-24/h5-17,19H,18H2,1-4H3,(H,32,35)/b31-17-. The van der Waals surface area contributed by atoms with Gasteiger partial charge in [0.2, 0.25) is 0 Å². The van der Waals surface area contributed by atoms with Crippen LogP contribution >= 0.6 is 11.6 Å². The summed E-state index contributed by atoms with van der Waals surface area (Å²) in [6, 6.07) is 23.2. The van der Waals surface area contributed by atoms with Gasteiger partial charge in [-0.25, -0.2) is 10.1 Å². The maximum atomic E-state index is 12.6. The van der Waals surface area contributed by atoms with Crippen LogP contribution in [0.25, 0.3) is 5.69 Å². The smallest absolute Gasteiger partial charge is 0.271 e. The van der Waals surface area contributed by atoms with Crippen LogP contribution in [0.5, 0.6) is 5.75 Å². The molecule has 0 spiro atoms. The molecule has 7 heteroatoms. The zero-order valence-corrected chi connectivity index (χ0v) is 21.6. The Morgan fingerprint density at radius 2 is 1.81 bits per heavy atom. The van der Waals surface area contributed by atoms with Crippen molar-refractivity contribution in [2.24, 2.45) is 5.10 Å². The molecule has 3 aromatic carbocycles. The molecule has 0 radical (unpaired) electrons.